The first-order chi connectivity index (χ1) is 8.51. The number of nitrogen functional groups attached to an aromatic ring is 1. The number of carbonyl (C=O) groups excluding carboxylic acids is 1. The number of likely N-dealkylation sites (N-methyl/N-ethyl adjacent to an activating group) is 1. The summed E-state index contributed by atoms with van der Waals surface area (Å²) in [6, 6.07) is 1.46. The van der Waals surface area contributed by atoms with E-state index in [0.29, 0.717) is 24.4 Å². The van der Waals surface area contributed by atoms with E-state index in [1.54, 1.807) is 12.0 Å². The Hall–Kier alpha value is -1.33. The van der Waals surface area contributed by atoms with Gasteiger partial charge in [-0.25, -0.2) is 4.98 Å². The van der Waals surface area contributed by atoms with Crippen LogP contribution in [0.15, 0.2) is 12.3 Å². The minimum atomic E-state index is -0.163. The van der Waals surface area contributed by atoms with Crippen LogP contribution in [0.3, 0.4) is 0 Å². The summed E-state index contributed by atoms with van der Waals surface area (Å²) in [4.78, 5) is 17.9. The Labute approximate surface area is 112 Å². The SMILES string of the molecule is CCN(C(=O)c1cc(Cl)ncc1N)C(C)COC. The molecule has 6 heteroatoms. The third-order valence-electron chi connectivity index (χ3n) is 2.67. The predicted molar refractivity (Wildman–Crippen MR) is 71.7 cm³/mol. The number of hydrogen-bond acceptors (Lipinski definition) is 4. The van der Waals surface area contributed by atoms with E-state index in [9.17, 15) is 4.79 Å². The fraction of sp³-hybridized carbons (Fsp3) is 0.500. The molecule has 18 heavy (non-hydrogen) atoms. The molecule has 2 N–H and O–H groups in total. The molecule has 0 fully saturated rings. The van der Waals surface area contributed by atoms with E-state index in [-0.39, 0.29) is 17.1 Å². The second-order valence-electron chi connectivity index (χ2n) is 3.99. The molecule has 1 amide bonds. The van der Waals surface area contributed by atoms with Gasteiger partial charge in [0.15, 0.2) is 0 Å². The van der Waals surface area contributed by atoms with Gasteiger partial charge >= 0.3 is 0 Å². The van der Waals surface area contributed by atoms with E-state index in [0.717, 1.165) is 0 Å². The number of methoxy groups -OCH3 is 1. The summed E-state index contributed by atoms with van der Waals surface area (Å²) in [6.07, 6.45) is 1.39. The average Bonchev–Trinajstić information content (AvgIpc) is 2.33. The lowest BCUT2D eigenvalue weighted by atomic mass is 10.1. The van der Waals surface area contributed by atoms with Gasteiger partial charge in [0.1, 0.15) is 5.15 Å². The van der Waals surface area contributed by atoms with Gasteiger partial charge in [0, 0.05) is 13.7 Å². The molecule has 0 aromatic carbocycles. The zero-order valence-electron chi connectivity index (χ0n) is 10.8. The number of nitrogens with two attached hydrogens (primary N) is 1. The minimum absolute atomic E-state index is 0.0289. The van der Waals surface area contributed by atoms with E-state index in [4.69, 9.17) is 22.1 Å². The van der Waals surface area contributed by atoms with Gasteiger partial charge in [0.25, 0.3) is 5.91 Å². The van der Waals surface area contributed by atoms with Gasteiger partial charge in [-0.15, -0.1) is 0 Å². The van der Waals surface area contributed by atoms with Crippen LogP contribution in [-0.2, 0) is 4.74 Å². The lowest BCUT2D eigenvalue weighted by molar-refractivity contribution is 0.0580. The number of amides is 1. The fourth-order valence-corrected chi connectivity index (χ4v) is 1.92. The van der Waals surface area contributed by atoms with Crippen molar-refractivity contribution in [2.75, 3.05) is 26.0 Å². The number of nitrogens with zero attached hydrogens (tertiary/aromatic N) is 2. The number of ether oxygens (including phenoxy) is 1. The summed E-state index contributed by atoms with van der Waals surface area (Å²) in [5.41, 5.74) is 6.46. The maximum Gasteiger partial charge on any atom is 0.256 e. The Bertz CT molecular complexity index is 426. The predicted octanol–water partition coefficient (Wildman–Crippen LogP) is 1.81. The third kappa shape index (κ3) is 3.34. The monoisotopic (exact) mass is 271 g/mol. The maximum absolute atomic E-state index is 12.4. The highest BCUT2D eigenvalue weighted by Gasteiger charge is 2.22. The number of pyridine rings is 1. The van der Waals surface area contributed by atoms with Gasteiger partial charge in [-0.3, -0.25) is 4.79 Å². The molecular weight excluding hydrogens is 254 g/mol. The summed E-state index contributed by atoms with van der Waals surface area (Å²) in [5, 5.41) is 0.253. The highest BCUT2D eigenvalue weighted by molar-refractivity contribution is 6.29. The van der Waals surface area contributed by atoms with Crippen molar-refractivity contribution in [2.45, 2.75) is 19.9 Å². The van der Waals surface area contributed by atoms with Crippen LogP contribution in [0.2, 0.25) is 5.15 Å². The van der Waals surface area contributed by atoms with Gasteiger partial charge in [-0.2, -0.15) is 0 Å². The molecule has 0 spiro atoms. The van der Waals surface area contributed by atoms with Gasteiger partial charge in [-0.05, 0) is 19.9 Å². The topological polar surface area (TPSA) is 68.5 Å². The highest BCUT2D eigenvalue weighted by atomic mass is 35.5. The molecule has 0 aliphatic heterocycles. The van der Waals surface area contributed by atoms with Crippen molar-refractivity contribution in [3.05, 3.63) is 23.0 Å². The highest BCUT2D eigenvalue weighted by Crippen LogP contribution is 2.18. The van der Waals surface area contributed by atoms with Crippen molar-refractivity contribution in [1.82, 2.24) is 9.88 Å². The molecule has 1 atom stereocenters. The first-order valence-electron chi connectivity index (χ1n) is 5.72. The van der Waals surface area contributed by atoms with Crippen LogP contribution in [0, 0.1) is 0 Å². The largest absolute Gasteiger partial charge is 0.397 e. The van der Waals surface area contributed by atoms with Crippen LogP contribution in [0.1, 0.15) is 24.2 Å². The number of hydrogen-bond donors (Lipinski definition) is 1. The van der Waals surface area contributed by atoms with E-state index in [2.05, 4.69) is 4.98 Å². The molecule has 1 heterocycles. The fourth-order valence-electron chi connectivity index (χ4n) is 1.77. The van der Waals surface area contributed by atoms with Crippen LogP contribution < -0.4 is 5.73 Å². The number of halogens is 1. The van der Waals surface area contributed by atoms with Crippen molar-refractivity contribution in [3.8, 4) is 0 Å². The van der Waals surface area contributed by atoms with Crippen LogP contribution in [0.4, 0.5) is 5.69 Å². The van der Waals surface area contributed by atoms with Crippen molar-refractivity contribution < 1.29 is 9.53 Å². The molecule has 0 saturated carbocycles. The van der Waals surface area contributed by atoms with Crippen LogP contribution in [-0.4, -0.2) is 42.1 Å². The quantitative estimate of drug-likeness (QED) is 0.830. The van der Waals surface area contributed by atoms with Gasteiger partial charge < -0.3 is 15.4 Å². The molecule has 100 valence electrons. The molecular formula is C12H18ClN3O2. The van der Waals surface area contributed by atoms with Crippen LogP contribution in [0.25, 0.3) is 0 Å². The Morgan fingerprint density at radius 3 is 2.89 bits per heavy atom. The molecule has 1 rings (SSSR count). The van der Waals surface area contributed by atoms with E-state index < -0.39 is 0 Å². The summed E-state index contributed by atoms with van der Waals surface area (Å²) in [7, 11) is 1.60. The number of rotatable bonds is 5. The van der Waals surface area contributed by atoms with Crippen LogP contribution >= 0.6 is 11.6 Å². The smallest absolute Gasteiger partial charge is 0.256 e. The summed E-state index contributed by atoms with van der Waals surface area (Å²) >= 11 is 5.79. The molecule has 0 radical (unpaired) electrons. The molecule has 0 aliphatic carbocycles. The van der Waals surface area contributed by atoms with Gasteiger partial charge in [0.05, 0.1) is 30.1 Å². The third-order valence-corrected chi connectivity index (χ3v) is 2.88. The van der Waals surface area contributed by atoms with E-state index >= 15 is 0 Å². The molecule has 0 aliphatic rings. The Kier molecular flexibility index (Phi) is 5.37. The second-order valence-corrected chi connectivity index (χ2v) is 4.38. The van der Waals surface area contributed by atoms with Crippen molar-refractivity contribution in [1.29, 1.82) is 0 Å². The second kappa shape index (κ2) is 6.56. The number of aromatic nitrogens is 1. The Balaban J connectivity index is 2.99. The zero-order valence-corrected chi connectivity index (χ0v) is 11.6. The lowest BCUT2D eigenvalue weighted by Crippen LogP contribution is -2.41. The van der Waals surface area contributed by atoms with Crippen molar-refractivity contribution >= 4 is 23.2 Å². The van der Waals surface area contributed by atoms with Crippen LogP contribution in [0.5, 0.6) is 0 Å². The van der Waals surface area contributed by atoms with Crippen molar-refractivity contribution in [2.24, 2.45) is 0 Å². The van der Waals surface area contributed by atoms with Crippen molar-refractivity contribution in [3.63, 3.8) is 0 Å². The summed E-state index contributed by atoms with van der Waals surface area (Å²) < 4.78 is 5.06. The first kappa shape index (κ1) is 14.7. The minimum Gasteiger partial charge on any atom is -0.397 e. The zero-order chi connectivity index (χ0) is 13.7. The van der Waals surface area contributed by atoms with Gasteiger partial charge in [0.2, 0.25) is 0 Å². The number of carbonyl (C=O) groups is 1. The number of anilines is 1. The van der Waals surface area contributed by atoms with E-state index in [1.807, 2.05) is 13.8 Å². The summed E-state index contributed by atoms with van der Waals surface area (Å²) in [5.74, 6) is -0.163. The molecule has 5 nitrogen and oxygen atoms in total. The molecule has 1 aromatic heterocycles. The lowest BCUT2D eigenvalue weighted by Gasteiger charge is -2.28. The normalized spacial score (nSPS) is 12.2. The Morgan fingerprint density at radius 2 is 2.33 bits per heavy atom. The first-order valence-corrected chi connectivity index (χ1v) is 6.10. The Morgan fingerprint density at radius 1 is 1.67 bits per heavy atom. The molecule has 0 saturated heterocycles. The molecule has 0 bridgehead atoms. The maximum atomic E-state index is 12.4. The standard InChI is InChI=1S/C12H18ClN3O2/c1-4-16(8(2)7-18-3)12(17)9-5-11(13)15-6-10(9)14/h5-6,8H,4,7,14H2,1-3H3. The molecule has 1 unspecified atom stereocenters. The average molecular weight is 272 g/mol. The van der Waals surface area contributed by atoms with Gasteiger partial charge in [-0.1, -0.05) is 11.6 Å². The molecule has 1 aromatic rings. The summed E-state index contributed by atoms with van der Waals surface area (Å²) in [6.45, 7) is 4.87. The van der Waals surface area contributed by atoms with E-state index in [1.165, 1.54) is 12.3 Å².